The highest BCUT2D eigenvalue weighted by Gasteiger charge is 2.47. The standard InChI is InChI=1S/C23H40N2O4Si/c1-5-12-19(26)20-21(25-15-17-27-18-16-25)28-22(24-20)23(13-10-9-11-14-23)29-30(6-2,7-3)8-4/h5-18H2,1-4H3. The Morgan fingerprint density at radius 2 is 1.70 bits per heavy atom. The number of morpholine rings is 1. The first kappa shape index (κ1) is 23.5. The van der Waals surface area contributed by atoms with E-state index in [4.69, 9.17) is 18.6 Å². The zero-order valence-electron chi connectivity index (χ0n) is 19.4. The van der Waals surface area contributed by atoms with Crippen LogP contribution in [0.1, 0.15) is 89.0 Å². The number of aromatic nitrogens is 1. The Labute approximate surface area is 182 Å². The monoisotopic (exact) mass is 436 g/mol. The maximum atomic E-state index is 12.9. The molecule has 2 fully saturated rings. The SMILES string of the molecule is CCCC(=O)c1nc(C2(O[Si](CC)(CC)CC)CCCCC2)oc1N1CCOCC1. The van der Waals surface area contributed by atoms with Crippen molar-refractivity contribution in [3.63, 3.8) is 0 Å². The molecule has 2 heterocycles. The van der Waals surface area contributed by atoms with Crippen LogP contribution in [0.4, 0.5) is 5.88 Å². The summed E-state index contributed by atoms with van der Waals surface area (Å²) >= 11 is 0. The lowest BCUT2D eigenvalue weighted by Gasteiger charge is -2.42. The van der Waals surface area contributed by atoms with Crippen molar-refractivity contribution < 1.29 is 18.4 Å². The highest BCUT2D eigenvalue weighted by Crippen LogP contribution is 2.45. The molecule has 2 aliphatic rings. The number of anilines is 1. The molecule has 0 aromatic carbocycles. The van der Waals surface area contributed by atoms with Crippen LogP contribution in [0.3, 0.4) is 0 Å². The number of oxazole rings is 1. The van der Waals surface area contributed by atoms with Crippen LogP contribution in [0.15, 0.2) is 4.42 Å². The minimum Gasteiger partial charge on any atom is -0.421 e. The van der Waals surface area contributed by atoms with Crippen molar-refractivity contribution in [3.8, 4) is 0 Å². The number of hydrogen-bond donors (Lipinski definition) is 0. The summed E-state index contributed by atoms with van der Waals surface area (Å²) in [4.78, 5) is 20.0. The zero-order valence-corrected chi connectivity index (χ0v) is 20.4. The highest BCUT2D eigenvalue weighted by molar-refractivity contribution is 6.73. The summed E-state index contributed by atoms with van der Waals surface area (Å²) in [7, 11) is -1.87. The van der Waals surface area contributed by atoms with Crippen molar-refractivity contribution in [1.29, 1.82) is 0 Å². The summed E-state index contributed by atoms with van der Waals surface area (Å²) in [6.45, 7) is 11.6. The van der Waals surface area contributed by atoms with Crippen LogP contribution in [0, 0.1) is 0 Å². The fourth-order valence-electron chi connectivity index (χ4n) is 4.88. The van der Waals surface area contributed by atoms with Gasteiger partial charge in [0.15, 0.2) is 19.8 Å². The quantitative estimate of drug-likeness (QED) is 0.347. The van der Waals surface area contributed by atoms with Crippen LogP contribution in [0.5, 0.6) is 0 Å². The number of Topliss-reactive ketones (excluding diaryl/α,β-unsaturated/α-hetero) is 1. The van der Waals surface area contributed by atoms with Gasteiger partial charge in [0.05, 0.1) is 13.2 Å². The topological polar surface area (TPSA) is 64.8 Å². The molecule has 1 saturated carbocycles. The predicted octanol–water partition coefficient (Wildman–Crippen LogP) is 5.68. The second-order valence-electron chi connectivity index (χ2n) is 8.85. The first-order valence-electron chi connectivity index (χ1n) is 12.1. The first-order valence-corrected chi connectivity index (χ1v) is 14.6. The molecule has 0 radical (unpaired) electrons. The van der Waals surface area contributed by atoms with E-state index in [1.165, 1.54) is 6.42 Å². The maximum absolute atomic E-state index is 12.9. The average Bonchev–Trinajstić information content (AvgIpc) is 3.26. The maximum Gasteiger partial charge on any atom is 0.228 e. The van der Waals surface area contributed by atoms with E-state index in [1.54, 1.807) is 0 Å². The molecule has 0 amide bonds. The van der Waals surface area contributed by atoms with Gasteiger partial charge in [-0.3, -0.25) is 4.79 Å². The third-order valence-electron chi connectivity index (χ3n) is 7.04. The van der Waals surface area contributed by atoms with E-state index in [0.29, 0.717) is 37.1 Å². The largest absolute Gasteiger partial charge is 0.421 e. The highest BCUT2D eigenvalue weighted by atomic mass is 28.4. The summed E-state index contributed by atoms with van der Waals surface area (Å²) < 4.78 is 19.1. The van der Waals surface area contributed by atoms with E-state index < -0.39 is 13.9 Å². The van der Waals surface area contributed by atoms with Crippen LogP contribution < -0.4 is 4.90 Å². The zero-order chi connectivity index (χ0) is 21.6. The van der Waals surface area contributed by atoms with Crippen LogP contribution >= 0.6 is 0 Å². The Kier molecular flexibility index (Phi) is 8.15. The van der Waals surface area contributed by atoms with Gasteiger partial charge in [-0.15, -0.1) is 0 Å². The van der Waals surface area contributed by atoms with Crippen LogP contribution in [-0.4, -0.2) is 45.4 Å². The lowest BCUT2D eigenvalue weighted by Crippen LogP contribution is -2.47. The van der Waals surface area contributed by atoms with E-state index in [-0.39, 0.29) is 5.78 Å². The third kappa shape index (κ3) is 4.83. The minimum atomic E-state index is -1.87. The van der Waals surface area contributed by atoms with E-state index in [9.17, 15) is 4.79 Å². The molecular formula is C23H40N2O4Si. The molecule has 1 aromatic rings. The van der Waals surface area contributed by atoms with Gasteiger partial charge in [0, 0.05) is 19.5 Å². The van der Waals surface area contributed by atoms with Crippen molar-refractivity contribution in [3.05, 3.63) is 11.6 Å². The number of nitrogens with zero attached hydrogens (tertiary/aromatic N) is 2. The molecule has 1 saturated heterocycles. The van der Waals surface area contributed by atoms with E-state index in [1.807, 2.05) is 6.92 Å². The van der Waals surface area contributed by atoms with Gasteiger partial charge in [0.25, 0.3) is 0 Å². The summed E-state index contributed by atoms with van der Waals surface area (Å²) in [5.41, 5.74) is 0.0252. The average molecular weight is 437 g/mol. The number of rotatable bonds is 10. The van der Waals surface area contributed by atoms with Crippen molar-refractivity contribution in [2.24, 2.45) is 0 Å². The molecule has 1 aliphatic carbocycles. The smallest absolute Gasteiger partial charge is 0.228 e. The van der Waals surface area contributed by atoms with E-state index in [2.05, 4.69) is 25.7 Å². The molecule has 1 aromatic heterocycles. The van der Waals surface area contributed by atoms with Crippen LogP contribution in [0.25, 0.3) is 0 Å². The second-order valence-corrected chi connectivity index (χ2v) is 13.5. The van der Waals surface area contributed by atoms with Crippen LogP contribution in [0.2, 0.25) is 18.1 Å². The molecule has 0 atom stereocenters. The fourth-order valence-corrected chi connectivity index (χ4v) is 7.93. The van der Waals surface area contributed by atoms with Crippen LogP contribution in [-0.2, 0) is 14.8 Å². The lowest BCUT2D eigenvalue weighted by atomic mass is 9.85. The van der Waals surface area contributed by atoms with Crippen molar-refractivity contribution >= 4 is 20.0 Å². The Morgan fingerprint density at radius 1 is 1.07 bits per heavy atom. The minimum absolute atomic E-state index is 0.0740. The number of carbonyl (C=O) groups is 1. The molecule has 0 spiro atoms. The molecule has 1 aliphatic heterocycles. The Balaban J connectivity index is 2.03. The van der Waals surface area contributed by atoms with Gasteiger partial charge in [0.1, 0.15) is 5.60 Å². The number of hydrogen-bond acceptors (Lipinski definition) is 6. The van der Waals surface area contributed by atoms with Gasteiger partial charge in [-0.2, -0.15) is 0 Å². The lowest BCUT2D eigenvalue weighted by molar-refractivity contribution is -0.00965. The first-order chi connectivity index (χ1) is 14.5. The van der Waals surface area contributed by atoms with Gasteiger partial charge in [0.2, 0.25) is 11.8 Å². The molecule has 0 N–H and O–H groups in total. The molecule has 30 heavy (non-hydrogen) atoms. The van der Waals surface area contributed by atoms with Gasteiger partial charge in [-0.05, 0) is 37.4 Å². The molecule has 6 nitrogen and oxygen atoms in total. The number of ether oxygens (including phenoxy) is 1. The molecule has 3 rings (SSSR count). The van der Waals surface area contributed by atoms with Gasteiger partial charge >= 0.3 is 0 Å². The molecule has 7 heteroatoms. The summed E-state index contributed by atoms with van der Waals surface area (Å²) in [6.07, 6.45) is 6.64. The molecule has 0 bridgehead atoms. The number of carbonyl (C=O) groups excluding carboxylic acids is 1. The van der Waals surface area contributed by atoms with Gasteiger partial charge in [-0.1, -0.05) is 47.0 Å². The molecule has 0 unspecified atom stereocenters. The Morgan fingerprint density at radius 3 is 2.27 bits per heavy atom. The normalized spacial score (nSPS) is 19.8. The number of ketones is 1. The van der Waals surface area contributed by atoms with Crippen molar-refractivity contribution in [2.45, 2.75) is 96.4 Å². The van der Waals surface area contributed by atoms with E-state index in [0.717, 1.165) is 63.3 Å². The van der Waals surface area contributed by atoms with E-state index >= 15 is 0 Å². The second kappa shape index (κ2) is 10.4. The summed E-state index contributed by atoms with van der Waals surface area (Å²) in [6, 6.07) is 3.29. The summed E-state index contributed by atoms with van der Waals surface area (Å²) in [5, 5.41) is 0. The summed E-state index contributed by atoms with van der Waals surface area (Å²) in [5.74, 6) is 1.36. The third-order valence-corrected chi connectivity index (χ3v) is 11.7. The fraction of sp³-hybridized carbons (Fsp3) is 0.826. The molecule has 170 valence electrons. The predicted molar refractivity (Wildman–Crippen MR) is 122 cm³/mol. The molecular weight excluding hydrogens is 396 g/mol. The van der Waals surface area contributed by atoms with Gasteiger partial charge < -0.3 is 18.5 Å². The van der Waals surface area contributed by atoms with Gasteiger partial charge in [-0.25, -0.2) is 4.98 Å². The Hall–Kier alpha value is -1.18. The van der Waals surface area contributed by atoms with Crippen molar-refractivity contribution in [2.75, 3.05) is 31.2 Å². The van der Waals surface area contributed by atoms with Crippen molar-refractivity contribution in [1.82, 2.24) is 4.98 Å². The Bertz CT molecular complexity index is 681.